The SMILES string of the molecule is COc1nc2nc(/C=C3/C(=O)N4C(C(=O)O)=CCC34)cn2c2c1CCC2. The maximum Gasteiger partial charge on any atom is 0.352 e. The third kappa shape index (κ3) is 1.89. The molecule has 26 heavy (non-hydrogen) atoms. The molecule has 1 atom stereocenters. The summed E-state index contributed by atoms with van der Waals surface area (Å²) >= 11 is 0. The lowest BCUT2D eigenvalue weighted by molar-refractivity contribution is -0.142. The highest BCUT2D eigenvalue weighted by Gasteiger charge is 2.48. The van der Waals surface area contributed by atoms with Crippen molar-refractivity contribution in [2.75, 3.05) is 7.11 Å². The summed E-state index contributed by atoms with van der Waals surface area (Å²) in [4.78, 5) is 33.8. The number of β-lactam (4-membered cyclic amide) rings is 1. The minimum absolute atomic E-state index is 0.0661. The lowest BCUT2D eigenvalue weighted by atomic mass is 9.94. The Morgan fingerprint density at radius 3 is 3.00 bits per heavy atom. The Morgan fingerprint density at radius 1 is 1.38 bits per heavy atom. The van der Waals surface area contributed by atoms with E-state index in [9.17, 15) is 9.59 Å². The number of aromatic nitrogens is 3. The minimum Gasteiger partial charge on any atom is -0.481 e. The molecule has 0 spiro atoms. The smallest absolute Gasteiger partial charge is 0.352 e. The van der Waals surface area contributed by atoms with E-state index in [1.165, 1.54) is 4.90 Å². The van der Waals surface area contributed by atoms with Crippen molar-refractivity contribution in [1.29, 1.82) is 0 Å². The first-order chi connectivity index (χ1) is 12.6. The maximum atomic E-state index is 12.3. The second-order valence-electron chi connectivity index (χ2n) is 6.66. The van der Waals surface area contributed by atoms with Gasteiger partial charge in [0.05, 0.1) is 18.8 Å². The van der Waals surface area contributed by atoms with Gasteiger partial charge in [-0.3, -0.25) is 14.1 Å². The van der Waals surface area contributed by atoms with Crippen LogP contribution in [0.4, 0.5) is 0 Å². The summed E-state index contributed by atoms with van der Waals surface area (Å²) in [5.41, 5.74) is 3.57. The molecular formula is C18H16N4O4. The zero-order chi connectivity index (χ0) is 18.0. The van der Waals surface area contributed by atoms with Crippen LogP contribution in [0.1, 0.15) is 29.8 Å². The lowest BCUT2D eigenvalue weighted by Gasteiger charge is -2.38. The highest BCUT2D eigenvalue weighted by Crippen LogP contribution is 2.39. The number of rotatable bonds is 3. The van der Waals surface area contributed by atoms with Gasteiger partial charge in [0.15, 0.2) is 0 Å². The van der Waals surface area contributed by atoms with Crippen molar-refractivity contribution in [1.82, 2.24) is 19.3 Å². The van der Waals surface area contributed by atoms with E-state index in [1.807, 2.05) is 10.6 Å². The molecule has 0 radical (unpaired) electrons. The number of methoxy groups -OCH3 is 1. The van der Waals surface area contributed by atoms with Crippen molar-refractivity contribution in [2.24, 2.45) is 0 Å². The number of ether oxygens (including phenoxy) is 1. The van der Waals surface area contributed by atoms with E-state index in [0.29, 0.717) is 29.3 Å². The molecule has 0 saturated carbocycles. The molecule has 8 heteroatoms. The number of carbonyl (C=O) groups excluding carboxylic acids is 1. The van der Waals surface area contributed by atoms with Gasteiger partial charge in [-0.05, 0) is 31.8 Å². The van der Waals surface area contributed by atoms with E-state index in [0.717, 1.165) is 30.5 Å². The molecule has 5 rings (SSSR count). The van der Waals surface area contributed by atoms with Gasteiger partial charge in [-0.2, -0.15) is 4.98 Å². The fourth-order valence-corrected chi connectivity index (χ4v) is 4.12. The molecule has 0 aromatic carbocycles. The van der Waals surface area contributed by atoms with Gasteiger partial charge in [0.1, 0.15) is 5.70 Å². The summed E-state index contributed by atoms with van der Waals surface area (Å²) in [6.45, 7) is 0. The summed E-state index contributed by atoms with van der Waals surface area (Å²) in [7, 11) is 1.61. The number of nitrogens with zero attached hydrogens (tertiary/aromatic N) is 4. The van der Waals surface area contributed by atoms with Gasteiger partial charge in [0, 0.05) is 23.0 Å². The molecule has 2 aromatic rings. The molecule has 1 fully saturated rings. The van der Waals surface area contributed by atoms with Gasteiger partial charge in [0.25, 0.3) is 5.91 Å². The van der Waals surface area contributed by atoms with Crippen molar-refractivity contribution in [2.45, 2.75) is 31.7 Å². The molecular weight excluding hydrogens is 336 g/mol. The molecule has 2 aliphatic heterocycles. The van der Waals surface area contributed by atoms with Gasteiger partial charge >= 0.3 is 5.97 Å². The number of aliphatic carboxylic acids is 1. The standard InChI is InChI=1S/C18H16N4O4/c1-26-15-10-3-2-4-12(10)21-8-9(19-18(21)20-15)7-11-13-5-6-14(17(24)25)22(13)16(11)23/h6-8,13H,2-5H2,1H3,(H,24,25)/b11-7+. The normalized spacial score (nSPS) is 22.4. The van der Waals surface area contributed by atoms with Crippen molar-refractivity contribution < 1.29 is 19.4 Å². The van der Waals surface area contributed by atoms with Crippen LogP contribution >= 0.6 is 0 Å². The van der Waals surface area contributed by atoms with Crippen molar-refractivity contribution in [3.05, 3.63) is 40.5 Å². The van der Waals surface area contributed by atoms with E-state index in [2.05, 4.69) is 9.97 Å². The van der Waals surface area contributed by atoms with Crippen molar-refractivity contribution in [3.63, 3.8) is 0 Å². The predicted octanol–water partition coefficient (Wildman–Crippen LogP) is 1.19. The van der Waals surface area contributed by atoms with Gasteiger partial charge in [-0.25, -0.2) is 9.78 Å². The molecule has 132 valence electrons. The summed E-state index contributed by atoms with van der Waals surface area (Å²) in [5.74, 6) is -0.172. The first kappa shape index (κ1) is 15.1. The Labute approximate surface area is 148 Å². The monoisotopic (exact) mass is 352 g/mol. The fourth-order valence-electron chi connectivity index (χ4n) is 4.12. The molecule has 1 unspecified atom stereocenters. The number of imidazole rings is 1. The number of carbonyl (C=O) groups is 2. The fraction of sp³-hybridized carbons (Fsp3) is 0.333. The van der Waals surface area contributed by atoms with E-state index < -0.39 is 5.97 Å². The summed E-state index contributed by atoms with van der Waals surface area (Å²) < 4.78 is 7.36. The molecule has 8 nitrogen and oxygen atoms in total. The Bertz CT molecular complexity index is 1050. The molecule has 0 bridgehead atoms. The predicted molar refractivity (Wildman–Crippen MR) is 90.5 cm³/mol. The van der Waals surface area contributed by atoms with Crippen molar-refractivity contribution >= 4 is 23.7 Å². The van der Waals surface area contributed by atoms with Gasteiger partial charge in [0.2, 0.25) is 11.7 Å². The zero-order valence-corrected chi connectivity index (χ0v) is 14.1. The van der Waals surface area contributed by atoms with Crippen LogP contribution in [0.5, 0.6) is 5.88 Å². The van der Waals surface area contributed by atoms with Crippen LogP contribution in [0, 0.1) is 0 Å². The molecule has 3 aliphatic rings. The quantitative estimate of drug-likeness (QED) is 0.658. The summed E-state index contributed by atoms with van der Waals surface area (Å²) in [6.07, 6.45) is 8.68. The van der Waals surface area contributed by atoms with Gasteiger partial charge in [-0.15, -0.1) is 0 Å². The van der Waals surface area contributed by atoms with Crippen molar-refractivity contribution in [3.8, 4) is 5.88 Å². The molecule has 1 N–H and O–H groups in total. The van der Waals surface area contributed by atoms with Crippen LogP contribution in [0.25, 0.3) is 11.9 Å². The van der Waals surface area contributed by atoms with Crippen LogP contribution in [-0.2, 0) is 22.4 Å². The largest absolute Gasteiger partial charge is 0.481 e. The number of hydrogen-bond donors (Lipinski definition) is 1. The molecule has 1 aliphatic carbocycles. The van der Waals surface area contributed by atoms with E-state index >= 15 is 0 Å². The minimum atomic E-state index is -1.07. The third-order valence-corrected chi connectivity index (χ3v) is 5.29. The molecule has 1 amide bonds. The zero-order valence-electron chi connectivity index (χ0n) is 14.1. The Morgan fingerprint density at radius 2 is 2.23 bits per heavy atom. The Kier molecular flexibility index (Phi) is 3.01. The van der Waals surface area contributed by atoms with Gasteiger partial charge < -0.3 is 9.84 Å². The second-order valence-corrected chi connectivity index (χ2v) is 6.66. The van der Waals surface area contributed by atoms with E-state index in [1.54, 1.807) is 19.3 Å². The average molecular weight is 352 g/mol. The first-order valence-electron chi connectivity index (χ1n) is 8.52. The average Bonchev–Trinajstić information content (AvgIpc) is 3.33. The number of fused-ring (bicyclic) bond motifs is 4. The lowest BCUT2D eigenvalue weighted by Crippen LogP contribution is -2.52. The molecule has 1 saturated heterocycles. The van der Waals surface area contributed by atoms with Gasteiger partial charge in [-0.1, -0.05) is 6.08 Å². The topological polar surface area (TPSA) is 97.0 Å². The van der Waals surface area contributed by atoms with Crippen LogP contribution in [-0.4, -0.2) is 49.4 Å². The maximum absolute atomic E-state index is 12.3. The number of aryl methyl sites for hydroxylation is 1. The molecule has 4 heterocycles. The van der Waals surface area contributed by atoms with Crippen LogP contribution in [0.15, 0.2) is 23.5 Å². The van der Waals surface area contributed by atoms with E-state index in [4.69, 9.17) is 9.84 Å². The van der Waals surface area contributed by atoms with Crippen LogP contribution in [0.3, 0.4) is 0 Å². The Balaban J connectivity index is 1.53. The highest BCUT2D eigenvalue weighted by molar-refractivity contribution is 6.11. The summed E-state index contributed by atoms with van der Waals surface area (Å²) in [5, 5.41) is 9.15. The second kappa shape index (κ2) is 5.17. The molecule has 2 aromatic heterocycles. The summed E-state index contributed by atoms with van der Waals surface area (Å²) in [6, 6.07) is -0.202. The number of carboxylic acids is 1. The number of hydrogen-bond acceptors (Lipinski definition) is 5. The Hall–Kier alpha value is -3.16. The number of carboxylic acid groups (broad SMARTS) is 1. The first-order valence-corrected chi connectivity index (χ1v) is 8.52. The highest BCUT2D eigenvalue weighted by atomic mass is 16.5. The van der Waals surface area contributed by atoms with Crippen LogP contribution in [0.2, 0.25) is 0 Å². The van der Waals surface area contributed by atoms with Crippen LogP contribution < -0.4 is 4.74 Å². The van der Waals surface area contributed by atoms with E-state index in [-0.39, 0.29) is 17.6 Å². The number of amides is 1. The third-order valence-electron chi connectivity index (χ3n) is 5.29.